The van der Waals surface area contributed by atoms with Crippen molar-refractivity contribution >= 4 is 27.6 Å². The second-order valence-electron chi connectivity index (χ2n) is 4.30. The molecule has 0 saturated carbocycles. The van der Waals surface area contributed by atoms with Gasteiger partial charge in [0.25, 0.3) is 10.9 Å². The Balaban J connectivity index is 1.96. The van der Waals surface area contributed by atoms with Gasteiger partial charge in [-0.05, 0) is 19.0 Å². The topological polar surface area (TPSA) is 98.3 Å². The van der Waals surface area contributed by atoms with Crippen molar-refractivity contribution in [2.24, 2.45) is 0 Å². The van der Waals surface area contributed by atoms with Crippen LogP contribution < -0.4 is 5.32 Å². The lowest BCUT2D eigenvalue weighted by Crippen LogP contribution is -2.18. The molecule has 1 aromatic carbocycles. The van der Waals surface area contributed by atoms with E-state index in [2.05, 4.69) is 10.3 Å². The molecule has 2 heterocycles. The Hall–Kier alpha value is -1.80. The molecular formula is C11H11N3O4S. The van der Waals surface area contributed by atoms with E-state index in [0.717, 1.165) is 13.0 Å². The van der Waals surface area contributed by atoms with Crippen LogP contribution in [0.4, 0.5) is 5.69 Å². The number of nitrogens with one attached hydrogen (secondary N) is 1. The molecule has 2 aromatic rings. The number of nitro groups is 1. The molecule has 0 aliphatic carbocycles. The Labute approximate surface area is 110 Å². The largest absolute Gasteiger partial charge is 0.430 e. The highest BCUT2D eigenvalue weighted by Gasteiger charge is 2.26. The van der Waals surface area contributed by atoms with Crippen LogP contribution >= 0.6 is 0 Å². The molecule has 0 spiro atoms. The molecular weight excluding hydrogens is 270 g/mol. The number of hydrogen-bond acceptors (Lipinski definition) is 6. The molecule has 0 bridgehead atoms. The van der Waals surface area contributed by atoms with Gasteiger partial charge < -0.3 is 9.73 Å². The van der Waals surface area contributed by atoms with Crippen molar-refractivity contribution < 1.29 is 13.5 Å². The number of non-ortho nitro benzene ring substituents is 1. The summed E-state index contributed by atoms with van der Waals surface area (Å²) in [4.78, 5) is 14.3. The quantitative estimate of drug-likeness (QED) is 0.670. The Morgan fingerprint density at radius 2 is 2.37 bits per heavy atom. The lowest BCUT2D eigenvalue weighted by atomic mass is 10.3. The smallest absolute Gasteiger partial charge is 0.288 e. The Morgan fingerprint density at radius 3 is 3.05 bits per heavy atom. The van der Waals surface area contributed by atoms with Gasteiger partial charge in [-0.15, -0.1) is 0 Å². The molecule has 7 nitrogen and oxygen atoms in total. The fraction of sp³-hybridized carbons (Fsp3) is 0.364. The van der Waals surface area contributed by atoms with Gasteiger partial charge in [0.05, 0.1) is 10.2 Å². The van der Waals surface area contributed by atoms with Crippen LogP contribution in [0.2, 0.25) is 0 Å². The second kappa shape index (κ2) is 4.71. The molecule has 0 amide bonds. The van der Waals surface area contributed by atoms with Crippen LogP contribution in [-0.2, 0) is 10.8 Å². The third-order valence-electron chi connectivity index (χ3n) is 3.05. The minimum absolute atomic E-state index is 0.0111. The summed E-state index contributed by atoms with van der Waals surface area (Å²) in [6, 6.07) is 4.15. The van der Waals surface area contributed by atoms with E-state index in [1.807, 2.05) is 0 Å². The van der Waals surface area contributed by atoms with Crippen molar-refractivity contribution in [2.75, 3.05) is 13.1 Å². The summed E-state index contributed by atoms with van der Waals surface area (Å²) in [6.07, 6.45) is 0.811. The maximum Gasteiger partial charge on any atom is 0.288 e. The molecule has 3 rings (SSSR count). The maximum absolute atomic E-state index is 12.2. The van der Waals surface area contributed by atoms with Gasteiger partial charge in [0, 0.05) is 18.7 Å². The van der Waals surface area contributed by atoms with E-state index in [1.165, 1.54) is 18.2 Å². The first-order valence-corrected chi connectivity index (χ1v) is 7.03. The summed E-state index contributed by atoms with van der Waals surface area (Å²) in [6.45, 7) is 1.51. The zero-order valence-corrected chi connectivity index (χ0v) is 10.7. The lowest BCUT2D eigenvalue weighted by molar-refractivity contribution is -0.384. The molecule has 1 aliphatic rings. The normalized spacial score (nSPS) is 20.7. The summed E-state index contributed by atoms with van der Waals surface area (Å²) in [5.74, 6) is 0. The van der Waals surface area contributed by atoms with Gasteiger partial charge in [0.1, 0.15) is 16.3 Å². The van der Waals surface area contributed by atoms with Crippen LogP contribution in [0.25, 0.3) is 11.1 Å². The maximum atomic E-state index is 12.2. The van der Waals surface area contributed by atoms with Gasteiger partial charge >= 0.3 is 0 Å². The van der Waals surface area contributed by atoms with Crippen molar-refractivity contribution in [3.05, 3.63) is 28.3 Å². The molecule has 2 atom stereocenters. The highest BCUT2D eigenvalue weighted by atomic mass is 32.2. The first-order valence-electron chi connectivity index (χ1n) is 5.81. The number of oxazole rings is 1. The summed E-state index contributed by atoms with van der Waals surface area (Å²) >= 11 is 0. The van der Waals surface area contributed by atoms with E-state index < -0.39 is 15.7 Å². The zero-order chi connectivity index (χ0) is 13.4. The van der Waals surface area contributed by atoms with Gasteiger partial charge in [-0.1, -0.05) is 0 Å². The highest BCUT2D eigenvalue weighted by Crippen LogP contribution is 2.24. The first kappa shape index (κ1) is 12.2. The van der Waals surface area contributed by atoms with E-state index in [-0.39, 0.29) is 16.2 Å². The van der Waals surface area contributed by atoms with Crippen molar-refractivity contribution in [3.63, 3.8) is 0 Å². The van der Waals surface area contributed by atoms with Crippen molar-refractivity contribution in [3.8, 4) is 0 Å². The standard InChI is InChI=1S/C11H11N3O4S/c15-14(16)7-1-2-10-9(5-7)13-11(18-10)19(17)8-3-4-12-6-8/h1-2,5,8,12H,3-4,6H2/t8-,19?/m0/s1. The summed E-state index contributed by atoms with van der Waals surface area (Å²) < 4.78 is 17.6. The van der Waals surface area contributed by atoms with Gasteiger partial charge in [-0.3, -0.25) is 10.1 Å². The van der Waals surface area contributed by atoms with Crippen molar-refractivity contribution in [1.29, 1.82) is 0 Å². The van der Waals surface area contributed by atoms with Crippen LogP contribution in [0.3, 0.4) is 0 Å². The van der Waals surface area contributed by atoms with Crippen molar-refractivity contribution in [1.82, 2.24) is 10.3 Å². The average molecular weight is 281 g/mol. The highest BCUT2D eigenvalue weighted by molar-refractivity contribution is 7.85. The molecule has 1 aromatic heterocycles. The molecule has 1 unspecified atom stereocenters. The van der Waals surface area contributed by atoms with Gasteiger partial charge in [0.15, 0.2) is 5.58 Å². The van der Waals surface area contributed by atoms with Crippen LogP contribution in [0, 0.1) is 10.1 Å². The zero-order valence-electron chi connectivity index (χ0n) is 9.87. The van der Waals surface area contributed by atoms with Crippen LogP contribution in [0.15, 0.2) is 27.8 Å². The molecule has 1 saturated heterocycles. The predicted octanol–water partition coefficient (Wildman–Crippen LogP) is 1.21. The number of benzene rings is 1. The summed E-state index contributed by atoms with van der Waals surface area (Å²) in [5.41, 5.74) is 0.726. The second-order valence-corrected chi connectivity index (χ2v) is 5.91. The van der Waals surface area contributed by atoms with Crippen LogP contribution in [0.1, 0.15) is 6.42 Å². The minimum atomic E-state index is -1.32. The van der Waals surface area contributed by atoms with E-state index in [1.54, 1.807) is 0 Å². The predicted molar refractivity (Wildman–Crippen MR) is 68.3 cm³/mol. The third-order valence-corrected chi connectivity index (χ3v) is 4.58. The SMILES string of the molecule is O=[N+]([O-])c1ccc2oc(S(=O)[C@H]3CCNC3)nc2c1. The van der Waals surface area contributed by atoms with Crippen LogP contribution in [-0.4, -0.2) is 32.5 Å². The number of rotatable bonds is 3. The third kappa shape index (κ3) is 2.24. The van der Waals surface area contributed by atoms with Gasteiger partial charge in [-0.2, -0.15) is 0 Å². The average Bonchev–Trinajstić information content (AvgIpc) is 3.06. The van der Waals surface area contributed by atoms with E-state index in [9.17, 15) is 14.3 Å². The fourth-order valence-corrected chi connectivity index (χ4v) is 3.29. The van der Waals surface area contributed by atoms with Crippen molar-refractivity contribution in [2.45, 2.75) is 16.9 Å². The number of aromatic nitrogens is 1. The minimum Gasteiger partial charge on any atom is -0.430 e. The number of nitrogens with zero attached hydrogens (tertiary/aromatic N) is 2. The molecule has 1 N–H and O–H groups in total. The summed E-state index contributed by atoms with van der Waals surface area (Å²) in [7, 11) is -1.32. The molecule has 100 valence electrons. The Bertz CT molecular complexity index is 663. The van der Waals surface area contributed by atoms with Gasteiger partial charge in [0.2, 0.25) is 0 Å². The lowest BCUT2D eigenvalue weighted by Gasteiger charge is -2.02. The van der Waals surface area contributed by atoms with Crippen LogP contribution in [0.5, 0.6) is 0 Å². The van der Waals surface area contributed by atoms with E-state index in [0.29, 0.717) is 17.6 Å². The molecule has 8 heteroatoms. The molecule has 1 fully saturated rings. The van der Waals surface area contributed by atoms with E-state index in [4.69, 9.17) is 4.42 Å². The number of nitro benzene ring substituents is 1. The van der Waals surface area contributed by atoms with Gasteiger partial charge in [-0.25, -0.2) is 9.19 Å². The fourth-order valence-electron chi connectivity index (χ4n) is 2.05. The Morgan fingerprint density at radius 1 is 1.53 bits per heavy atom. The molecule has 19 heavy (non-hydrogen) atoms. The summed E-state index contributed by atoms with van der Waals surface area (Å²) in [5, 5.41) is 13.9. The Kier molecular flexibility index (Phi) is 3.03. The monoisotopic (exact) mass is 281 g/mol. The number of fused-ring (bicyclic) bond motifs is 1. The molecule has 1 aliphatic heterocycles. The van der Waals surface area contributed by atoms with E-state index >= 15 is 0 Å². The molecule has 0 radical (unpaired) electrons. The first-order chi connectivity index (χ1) is 9.15. The number of hydrogen-bond donors (Lipinski definition) is 1.